The van der Waals surface area contributed by atoms with E-state index in [0.717, 1.165) is 5.56 Å². The van der Waals surface area contributed by atoms with E-state index in [1.807, 2.05) is 25.1 Å². The zero-order valence-corrected chi connectivity index (χ0v) is 10.6. The fourth-order valence-corrected chi connectivity index (χ4v) is 1.35. The quantitative estimate of drug-likeness (QED) is 0.524. The lowest BCUT2D eigenvalue weighted by Crippen LogP contribution is -2.24. The van der Waals surface area contributed by atoms with Crippen LogP contribution in [-0.2, 0) is 16.2 Å². The average molecular weight is 254 g/mol. The first kappa shape index (κ1) is 14.3. The second-order valence-corrected chi connectivity index (χ2v) is 3.49. The van der Waals surface area contributed by atoms with Crippen LogP contribution in [0.3, 0.4) is 0 Å². The highest BCUT2D eigenvalue weighted by molar-refractivity contribution is 5.74. The van der Waals surface area contributed by atoms with E-state index in [1.165, 1.54) is 0 Å². The number of primary amides is 1. The molecule has 6 heteroatoms. The van der Waals surface area contributed by atoms with Crippen molar-refractivity contribution < 1.29 is 19.1 Å². The summed E-state index contributed by atoms with van der Waals surface area (Å²) in [6.07, 6.45) is 0. The van der Waals surface area contributed by atoms with Crippen molar-refractivity contribution in [3.05, 3.63) is 23.8 Å². The average Bonchev–Trinajstić information content (AvgIpc) is 2.36. The summed E-state index contributed by atoms with van der Waals surface area (Å²) in [5.41, 5.74) is 8.51. The van der Waals surface area contributed by atoms with Crippen LogP contribution in [0.2, 0.25) is 0 Å². The van der Waals surface area contributed by atoms with Crippen LogP contribution in [0.15, 0.2) is 18.2 Å². The van der Waals surface area contributed by atoms with E-state index in [4.69, 9.17) is 20.0 Å². The molecule has 100 valence electrons. The highest BCUT2D eigenvalue weighted by atomic mass is 16.6. The van der Waals surface area contributed by atoms with E-state index in [9.17, 15) is 4.79 Å². The number of nitrogens with two attached hydrogens (primary N) is 1. The highest BCUT2D eigenvalue weighted by Gasteiger charge is 2.05. The third kappa shape index (κ3) is 4.60. The third-order valence-electron chi connectivity index (χ3n) is 2.12. The smallest absolute Gasteiger partial charge is 0.245 e. The second kappa shape index (κ2) is 7.52. The summed E-state index contributed by atoms with van der Waals surface area (Å²) in [6.45, 7) is 2.77. The molecule has 0 aliphatic heterocycles. The molecule has 0 radical (unpaired) electrons. The Morgan fingerprint density at radius 2 is 2.17 bits per heavy atom. The SMILES string of the molecule is CCOc1ccc(CNOCC(N)=O)cc1OC. The van der Waals surface area contributed by atoms with Gasteiger partial charge in [-0.15, -0.1) is 0 Å². The van der Waals surface area contributed by atoms with Gasteiger partial charge in [0.15, 0.2) is 11.5 Å². The minimum absolute atomic E-state index is 0.159. The predicted molar refractivity (Wildman–Crippen MR) is 66.1 cm³/mol. The largest absolute Gasteiger partial charge is 0.493 e. The van der Waals surface area contributed by atoms with Gasteiger partial charge in [0.05, 0.1) is 13.7 Å². The standard InChI is InChI=1S/C12H18N2O4/c1-3-17-10-5-4-9(6-11(10)16-2)7-14-18-8-12(13)15/h4-6,14H,3,7-8H2,1-2H3,(H2,13,15). The molecule has 0 heterocycles. The lowest BCUT2D eigenvalue weighted by atomic mass is 10.2. The lowest BCUT2D eigenvalue weighted by molar-refractivity contribution is -0.125. The maximum absolute atomic E-state index is 10.4. The summed E-state index contributed by atoms with van der Waals surface area (Å²) >= 11 is 0. The Bertz CT molecular complexity index is 396. The molecule has 0 unspecified atom stereocenters. The van der Waals surface area contributed by atoms with Crippen molar-refractivity contribution in [2.45, 2.75) is 13.5 Å². The van der Waals surface area contributed by atoms with Gasteiger partial charge in [0.25, 0.3) is 0 Å². The summed E-state index contributed by atoms with van der Waals surface area (Å²) in [6, 6.07) is 5.55. The van der Waals surface area contributed by atoms with Gasteiger partial charge in [-0.25, -0.2) is 0 Å². The Morgan fingerprint density at radius 3 is 2.78 bits per heavy atom. The van der Waals surface area contributed by atoms with E-state index in [0.29, 0.717) is 24.7 Å². The van der Waals surface area contributed by atoms with E-state index < -0.39 is 5.91 Å². The molecule has 0 fully saturated rings. The van der Waals surface area contributed by atoms with Gasteiger partial charge in [-0.05, 0) is 24.6 Å². The molecular formula is C12H18N2O4. The van der Waals surface area contributed by atoms with Crippen molar-refractivity contribution in [2.75, 3.05) is 20.3 Å². The van der Waals surface area contributed by atoms with Crippen molar-refractivity contribution in [1.82, 2.24) is 5.48 Å². The Hall–Kier alpha value is -1.79. The Balaban J connectivity index is 2.53. The van der Waals surface area contributed by atoms with Crippen LogP contribution < -0.4 is 20.7 Å². The van der Waals surface area contributed by atoms with Crippen LogP contribution in [0.25, 0.3) is 0 Å². The van der Waals surface area contributed by atoms with Crippen LogP contribution in [0.1, 0.15) is 12.5 Å². The van der Waals surface area contributed by atoms with Crippen molar-refractivity contribution in [3.63, 3.8) is 0 Å². The van der Waals surface area contributed by atoms with E-state index in [-0.39, 0.29) is 6.61 Å². The van der Waals surface area contributed by atoms with Crippen LogP contribution in [-0.4, -0.2) is 26.2 Å². The van der Waals surface area contributed by atoms with Gasteiger partial charge in [-0.3, -0.25) is 9.63 Å². The van der Waals surface area contributed by atoms with Crippen molar-refractivity contribution >= 4 is 5.91 Å². The number of hydrogen-bond donors (Lipinski definition) is 2. The van der Waals surface area contributed by atoms with Gasteiger partial charge in [-0.1, -0.05) is 6.07 Å². The number of carbonyl (C=O) groups is 1. The fraction of sp³-hybridized carbons (Fsp3) is 0.417. The molecule has 0 bridgehead atoms. The zero-order valence-electron chi connectivity index (χ0n) is 10.6. The number of nitrogens with one attached hydrogen (secondary N) is 1. The molecule has 18 heavy (non-hydrogen) atoms. The molecule has 3 N–H and O–H groups in total. The highest BCUT2D eigenvalue weighted by Crippen LogP contribution is 2.27. The summed E-state index contributed by atoms with van der Waals surface area (Å²) in [5.74, 6) is 0.833. The normalized spacial score (nSPS) is 10.1. The monoisotopic (exact) mass is 254 g/mol. The van der Waals surface area contributed by atoms with Crippen LogP contribution in [0.5, 0.6) is 11.5 Å². The molecular weight excluding hydrogens is 236 g/mol. The number of hydrogen-bond acceptors (Lipinski definition) is 5. The number of rotatable bonds is 8. The van der Waals surface area contributed by atoms with E-state index in [1.54, 1.807) is 7.11 Å². The maximum Gasteiger partial charge on any atom is 0.245 e. The Kier molecular flexibility index (Phi) is 5.96. The van der Waals surface area contributed by atoms with Crippen LogP contribution >= 0.6 is 0 Å². The molecule has 0 spiro atoms. The minimum atomic E-state index is -0.522. The van der Waals surface area contributed by atoms with E-state index >= 15 is 0 Å². The van der Waals surface area contributed by atoms with Gasteiger partial charge < -0.3 is 15.2 Å². The summed E-state index contributed by atoms with van der Waals surface area (Å²) in [7, 11) is 1.58. The number of carbonyl (C=O) groups excluding carboxylic acids is 1. The summed E-state index contributed by atoms with van der Waals surface area (Å²) in [4.78, 5) is 15.3. The van der Waals surface area contributed by atoms with Crippen LogP contribution in [0.4, 0.5) is 0 Å². The van der Waals surface area contributed by atoms with Crippen LogP contribution in [0, 0.1) is 0 Å². The predicted octanol–water partition coefficient (Wildman–Crippen LogP) is 0.600. The Labute approximate surface area is 106 Å². The number of methoxy groups -OCH3 is 1. The molecule has 0 saturated heterocycles. The molecule has 0 atom stereocenters. The molecule has 1 aromatic carbocycles. The minimum Gasteiger partial charge on any atom is -0.493 e. The molecule has 0 saturated carbocycles. The molecule has 1 rings (SSSR count). The topological polar surface area (TPSA) is 82.8 Å². The summed E-state index contributed by atoms with van der Waals surface area (Å²) in [5, 5.41) is 0. The first-order valence-corrected chi connectivity index (χ1v) is 5.60. The Morgan fingerprint density at radius 1 is 1.39 bits per heavy atom. The molecule has 1 amide bonds. The zero-order chi connectivity index (χ0) is 13.4. The van der Waals surface area contributed by atoms with Gasteiger partial charge >= 0.3 is 0 Å². The molecule has 0 aliphatic rings. The van der Waals surface area contributed by atoms with Gasteiger partial charge in [-0.2, -0.15) is 5.48 Å². The molecule has 6 nitrogen and oxygen atoms in total. The molecule has 0 aliphatic carbocycles. The second-order valence-electron chi connectivity index (χ2n) is 3.49. The van der Waals surface area contributed by atoms with Crippen molar-refractivity contribution in [3.8, 4) is 11.5 Å². The maximum atomic E-state index is 10.4. The van der Waals surface area contributed by atoms with Gasteiger partial charge in [0.2, 0.25) is 5.91 Å². The molecule has 0 aromatic heterocycles. The third-order valence-corrected chi connectivity index (χ3v) is 2.12. The van der Waals surface area contributed by atoms with Gasteiger partial charge in [0.1, 0.15) is 6.61 Å². The molecule has 1 aromatic rings. The van der Waals surface area contributed by atoms with E-state index in [2.05, 4.69) is 5.48 Å². The summed E-state index contributed by atoms with van der Waals surface area (Å²) < 4.78 is 10.6. The lowest BCUT2D eigenvalue weighted by Gasteiger charge is -2.11. The fourth-order valence-electron chi connectivity index (χ4n) is 1.35. The van der Waals surface area contributed by atoms with Crippen molar-refractivity contribution in [1.29, 1.82) is 0 Å². The first-order valence-electron chi connectivity index (χ1n) is 5.60. The number of benzene rings is 1. The number of ether oxygens (including phenoxy) is 2. The number of amides is 1. The first-order chi connectivity index (χ1) is 8.67. The van der Waals surface area contributed by atoms with Gasteiger partial charge in [0, 0.05) is 6.54 Å². The number of hydroxylamine groups is 1. The van der Waals surface area contributed by atoms with Crippen molar-refractivity contribution in [2.24, 2.45) is 5.73 Å².